The quantitative estimate of drug-likeness (QED) is 0.800. The first-order valence-electron chi connectivity index (χ1n) is 7.29. The van der Waals surface area contributed by atoms with E-state index in [2.05, 4.69) is 17.4 Å². The second kappa shape index (κ2) is 8.20. The van der Waals surface area contributed by atoms with Crippen molar-refractivity contribution in [2.45, 2.75) is 13.0 Å². The summed E-state index contributed by atoms with van der Waals surface area (Å²) in [7, 11) is 1.60. The summed E-state index contributed by atoms with van der Waals surface area (Å²) in [6.07, 6.45) is -0.542. The number of rotatable bonds is 7. The lowest BCUT2D eigenvalue weighted by Crippen LogP contribution is -2.37. The molecule has 0 saturated carbocycles. The molecule has 0 bridgehead atoms. The Kier molecular flexibility index (Phi) is 5.98. The Morgan fingerprint density at radius 3 is 2.32 bits per heavy atom. The number of ether oxygens (including phenoxy) is 2. The maximum atomic E-state index is 11.8. The van der Waals surface area contributed by atoms with Crippen LogP contribution in [-0.4, -0.2) is 32.3 Å². The molecule has 1 amide bonds. The van der Waals surface area contributed by atoms with Crippen molar-refractivity contribution < 1.29 is 14.3 Å². The molecule has 0 spiro atoms. The van der Waals surface area contributed by atoms with E-state index in [1.807, 2.05) is 42.5 Å². The molecule has 0 fully saturated rings. The van der Waals surface area contributed by atoms with Gasteiger partial charge in [-0.2, -0.15) is 0 Å². The van der Waals surface area contributed by atoms with Crippen LogP contribution in [0.4, 0.5) is 0 Å². The molecule has 0 radical (unpaired) electrons. The van der Waals surface area contributed by atoms with E-state index in [1.54, 1.807) is 14.0 Å². The monoisotopic (exact) mass is 299 g/mol. The van der Waals surface area contributed by atoms with Gasteiger partial charge in [0, 0.05) is 13.7 Å². The van der Waals surface area contributed by atoms with E-state index in [1.165, 1.54) is 0 Å². The van der Waals surface area contributed by atoms with Gasteiger partial charge in [0.25, 0.3) is 5.91 Å². The molecule has 2 rings (SSSR count). The van der Waals surface area contributed by atoms with E-state index in [4.69, 9.17) is 9.47 Å². The van der Waals surface area contributed by atoms with Crippen LogP contribution in [0.1, 0.15) is 6.92 Å². The zero-order chi connectivity index (χ0) is 15.8. The van der Waals surface area contributed by atoms with Gasteiger partial charge in [-0.3, -0.25) is 4.79 Å². The minimum Gasteiger partial charge on any atom is -0.481 e. The Morgan fingerprint density at radius 1 is 1.05 bits per heavy atom. The van der Waals surface area contributed by atoms with Crippen molar-refractivity contribution in [2.24, 2.45) is 0 Å². The van der Waals surface area contributed by atoms with Gasteiger partial charge < -0.3 is 14.8 Å². The van der Waals surface area contributed by atoms with Crippen molar-refractivity contribution in [3.8, 4) is 16.9 Å². The lowest BCUT2D eigenvalue weighted by atomic mass is 10.1. The van der Waals surface area contributed by atoms with E-state index >= 15 is 0 Å². The highest BCUT2D eigenvalue weighted by Gasteiger charge is 2.13. The van der Waals surface area contributed by atoms with Gasteiger partial charge in [-0.25, -0.2) is 0 Å². The molecule has 1 unspecified atom stereocenters. The van der Waals surface area contributed by atoms with E-state index in [0.29, 0.717) is 18.9 Å². The molecule has 116 valence electrons. The Labute approximate surface area is 131 Å². The summed E-state index contributed by atoms with van der Waals surface area (Å²) in [6.45, 7) is 2.70. The van der Waals surface area contributed by atoms with Crippen LogP contribution in [0.15, 0.2) is 54.6 Å². The summed E-state index contributed by atoms with van der Waals surface area (Å²) in [5.74, 6) is 0.526. The van der Waals surface area contributed by atoms with Gasteiger partial charge in [-0.05, 0) is 30.2 Å². The van der Waals surface area contributed by atoms with Crippen LogP contribution in [0.5, 0.6) is 5.75 Å². The smallest absolute Gasteiger partial charge is 0.260 e. The van der Waals surface area contributed by atoms with E-state index in [9.17, 15) is 4.79 Å². The molecule has 2 aromatic carbocycles. The summed E-state index contributed by atoms with van der Waals surface area (Å²) in [6, 6.07) is 17.8. The van der Waals surface area contributed by atoms with Crippen molar-refractivity contribution >= 4 is 5.91 Å². The maximum Gasteiger partial charge on any atom is 0.260 e. The zero-order valence-electron chi connectivity index (χ0n) is 12.9. The Morgan fingerprint density at radius 2 is 1.68 bits per heavy atom. The molecule has 4 nitrogen and oxygen atoms in total. The fraction of sp³-hybridized carbons (Fsp3) is 0.278. The normalized spacial score (nSPS) is 11.7. The molecule has 0 aromatic heterocycles. The fourth-order valence-corrected chi connectivity index (χ4v) is 2.03. The molecule has 0 aliphatic carbocycles. The largest absolute Gasteiger partial charge is 0.481 e. The molecule has 0 heterocycles. The number of methoxy groups -OCH3 is 1. The summed E-state index contributed by atoms with van der Waals surface area (Å²) in [5.41, 5.74) is 2.27. The highest BCUT2D eigenvalue weighted by molar-refractivity contribution is 5.80. The van der Waals surface area contributed by atoms with Gasteiger partial charge in [0.2, 0.25) is 0 Å². The summed E-state index contributed by atoms with van der Waals surface area (Å²) < 4.78 is 10.5. The number of nitrogens with one attached hydrogen (secondary N) is 1. The molecule has 22 heavy (non-hydrogen) atoms. The fourth-order valence-electron chi connectivity index (χ4n) is 2.03. The third-order valence-electron chi connectivity index (χ3n) is 3.25. The van der Waals surface area contributed by atoms with Crippen molar-refractivity contribution in [2.75, 3.05) is 20.3 Å². The van der Waals surface area contributed by atoms with Crippen LogP contribution >= 0.6 is 0 Å². The Hall–Kier alpha value is -2.33. The zero-order valence-corrected chi connectivity index (χ0v) is 12.9. The van der Waals surface area contributed by atoms with Gasteiger partial charge in [-0.1, -0.05) is 42.5 Å². The molecule has 1 N–H and O–H groups in total. The molecular formula is C18H21NO3. The van der Waals surface area contributed by atoms with E-state index in [-0.39, 0.29) is 5.91 Å². The molecule has 0 saturated heterocycles. The number of carbonyl (C=O) groups is 1. The van der Waals surface area contributed by atoms with Crippen LogP contribution in [-0.2, 0) is 9.53 Å². The number of amides is 1. The average molecular weight is 299 g/mol. The lowest BCUT2D eigenvalue weighted by molar-refractivity contribution is -0.127. The number of benzene rings is 2. The van der Waals surface area contributed by atoms with Crippen molar-refractivity contribution in [3.63, 3.8) is 0 Å². The predicted molar refractivity (Wildman–Crippen MR) is 86.9 cm³/mol. The molecule has 0 aliphatic rings. The summed E-state index contributed by atoms with van der Waals surface area (Å²) >= 11 is 0. The van der Waals surface area contributed by atoms with Gasteiger partial charge in [0.15, 0.2) is 6.10 Å². The minimum absolute atomic E-state index is 0.149. The van der Waals surface area contributed by atoms with E-state index < -0.39 is 6.10 Å². The maximum absolute atomic E-state index is 11.8. The van der Waals surface area contributed by atoms with Gasteiger partial charge in [0.1, 0.15) is 5.75 Å². The first kappa shape index (κ1) is 16.0. The van der Waals surface area contributed by atoms with Gasteiger partial charge in [-0.15, -0.1) is 0 Å². The Balaban J connectivity index is 1.92. The SMILES string of the molecule is COCCNC(=O)C(C)Oc1ccc(-c2ccccc2)cc1. The number of carbonyl (C=O) groups excluding carboxylic acids is 1. The number of hydrogen-bond donors (Lipinski definition) is 1. The van der Waals surface area contributed by atoms with Gasteiger partial charge in [0.05, 0.1) is 6.61 Å². The van der Waals surface area contributed by atoms with Crippen molar-refractivity contribution in [1.82, 2.24) is 5.32 Å². The molecule has 0 aliphatic heterocycles. The van der Waals surface area contributed by atoms with E-state index in [0.717, 1.165) is 11.1 Å². The van der Waals surface area contributed by atoms with Crippen LogP contribution in [0.3, 0.4) is 0 Å². The molecule has 2 aromatic rings. The van der Waals surface area contributed by atoms with Crippen LogP contribution in [0.25, 0.3) is 11.1 Å². The third-order valence-corrected chi connectivity index (χ3v) is 3.25. The number of hydrogen-bond acceptors (Lipinski definition) is 3. The highest BCUT2D eigenvalue weighted by atomic mass is 16.5. The second-order valence-corrected chi connectivity index (χ2v) is 4.93. The van der Waals surface area contributed by atoms with Crippen LogP contribution in [0.2, 0.25) is 0 Å². The third kappa shape index (κ3) is 4.60. The minimum atomic E-state index is -0.542. The first-order chi connectivity index (χ1) is 10.7. The van der Waals surface area contributed by atoms with Crippen LogP contribution < -0.4 is 10.1 Å². The second-order valence-electron chi connectivity index (χ2n) is 4.93. The Bertz CT molecular complexity index is 581. The summed E-state index contributed by atoms with van der Waals surface area (Å²) in [4.78, 5) is 11.8. The van der Waals surface area contributed by atoms with Crippen molar-refractivity contribution in [1.29, 1.82) is 0 Å². The molecular weight excluding hydrogens is 278 g/mol. The predicted octanol–water partition coefficient (Wildman–Crippen LogP) is 2.88. The lowest BCUT2D eigenvalue weighted by Gasteiger charge is -2.15. The first-order valence-corrected chi connectivity index (χ1v) is 7.29. The highest BCUT2D eigenvalue weighted by Crippen LogP contribution is 2.22. The van der Waals surface area contributed by atoms with Crippen LogP contribution in [0, 0.1) is 0 Å². The topological polar surface area (TPSA) is 47.6 Å². The molecule has 1 atom stereocenters. The summed E-state index contributed by atoms with van der Waals surface area (Å²) in [5, 5.41) is 2.75. The van der Waals surface area contributed by atoms with Gasteiger partial charge >= 0.3 is 0 Å². The standard InChI is InChI=1S/C18H21NO3/c1-14(18(20)19-12-13-21-2)22-17-10-8-16(9-11-17)15-6-4-3-5-7-15/h3-11,14H,12-13H2,1-2H3,(H,19,20). The average Bonchev–Trinajstić information content (AvgIpc) is 2.56. The molecule has 4 heteroatoms. The van der Waals surface area contributed by atoms with Crippen molar-refractivity contribution in [3.05, 3.63) is 54.6 Å².